The fourth-order valence-electron chi connectivity index (χ4n) is 5.15. The minimum atomic E-state index is 0.0315. The molecule has 6 nitrogen and oxygen atoms in total. The summed E-state index contributed by atoms with van der Waals surface area (Å²) < 4.78 is 5.43. The number of morpholine rings is 1. The molecule has 2 saturated heterocycles. The van der Waals surface area contributed by atoms with Crippen LogP contribution in [0.4, 0.5) is 11.4 Å². The van der Waals surface area contributed by atoms with E-state index >= 15 is 0 Å². The first-order valence-electron chi connectivity index (χ1n) is 12.0. The van der Waals surface area contributed by atoms with E-state index in [1.165, 1.54) is 16.8 Å². The molecule has 1 amide bonds. The Morgan fingerprint density at radius 2 is 1.69 bits per heavy atom. The molecular weight excluding hydrogens is 400 g/mol. The number of nitrogens with zero attached hydrogens (tertiary/aromatic N) is 3. The Balaban J connectivity index is 1.24. The van der Waals surface area contributed by atoms with Crippen molar-refractivity contribution in [3.63, 3.8) is 0 Å². The van der Waals surface area contributed by atoms with Crippen molar-refractivity contribution in [2.24, 2.45) is 0 Å². The molecule has 0 radical (unpaired) electrons. The monoisotopic (exact) mass is 434 g/mol. The van der Waals surface area contributed by atoms with Crippen LogP contribution in [0.15, 0.2) is 42.5 Å². The van der Waals surface area contributed by atoms with E-state index in [1.54, 1.807) is 0 Å². The van der Waals surface area contributed by atoms with E-state index in [0.717, 1.165) is 83.0 Å². The highest BCUT2D eigenvalue weighted by Gasteiger charge is 2.25. The van der Waals surface area contributed by atoms with Crippen molar-refractivity contribution in [2.75, 3.05) is 69.3 Å². The molecule has 2 fully saturated rings. The minimum Gasteiger partial charge on any atom is -0.378 e. The van der Waals surface area contributed by atoms with Gasteiger partial charge in [-0.3, -0.25) is 4.79 Å². The molecule has 1 atom stereocenters. The number of ether oxygens (including phenoxy) is 1. The van der Waals surface area contributed by atoms with Gasteiger partial charge in [-0.05, 0) is 67.8 Å². The third kappa shape index (κ3) is 4.62. The van der Waals surface area contributed by atoms with Gasteiger partial charge in [-0.25, -0.2) is 0 Å². The maximum atomic E-state index is 13.0. The second kappa shape index (κ2) is 9.51. The summed E-state index contributed by atoms with van der Waals surface area (Å²) in [5, 5.41) is 3.31. The van der Waals surface area contributed by atoms with Gasteiger partial charge in [-0.1, -0.05) is 12.1 Å². The van der Waals surface area contributed by atoms with E-state index in [-0.39, 0.29) is 11.9 Å². The van der Waals surface area contributed by atoms with Gasteiger partial charge < -0.3 is 24.8 Å². The van der Waals surface area contributed by atoms with Crippen LogP contribution in [-0.4, -0.2) is 76.4 Å². The summed E-state index contributed by atoms with van der Waals surface area (Å²) in [6.45, 7) is 7.68. The van der Waals surface area contributed by atoms with Crippen LogP contribution in [-0.2, 0) is 17.6 Å². The zero-order valence-corrected chi connectivity index (χ0v) is 19.1. The molecule has 0 aromatic heterocycles. The highest BCUT2D eigenvalue weighted by Crippen LogP contribution is 2.31. The van der Waals surface area contributed by atoms with Crippen LogP contribution in [0, 0.1) is 0 Å². The van der Waals surface area contributed by atoms with E-state index in [0.29, 0.717) is 0 Å². The SMILES string of the molecule is CN1CCN(c2cccc3c2C[C@H](NC(=O)c2ccc(N4CCOCC4)cc2)CC3)CC1. The Labute approximate surface area is 191 Å². The summed E-state index contributed by atoms with van der Waals surface area (Å²) in [6, 6.07) is 14.9. The minimum absolute atomic E-state index is 0.0315. The lowest BCUT2D eigenvalue weighted by Gasteiger charge is -2.37. The zero-order valence-electron chi connectivity index (χ0n) is 19.1. The first-order valence-corrected chi connectivity index (χ1v) is 12.0. The molecule has 5 rings (SSSR count). The lowest BCUT2D eigenvalue weighted by molar-refractivity contribution is 0.0933. The lowest BCUT2D eigenvalue weighted by Crippen LogP contribution is -2.45. The fraction of sp³-hybridized carbons (Fsp3) is 0.500. The first-order chi connectivity index (χ1) is 15.7. The van der Waals surface area contributed by atoms with Crippen LogP contribution in [0.3, 0.4) is 0 Å². The molecule has 0 bridgehead atoms. The van der Waals surface area contributed by atoms with Gasteiger partial charge in [0.25, 0.3) is 5.91 Å². The molecule has 2 aliphatic heterocycles. The topological polar surface area (TPSA) is 48.0 Å². The summed E-state index contributed by atoms with van der Waals surface area (Å²) in [6.07, 6.45) is 2.93. The molecular formula is C26H34N4O2. The Morgan fingerprint density at radius 3 is 2.44 bits per heavy atom. The molecule has 2 aromatic rings. The number of carbonyl (C=O) groups excluding carboxylic acids is 1. The molecule has 170 valence electrons. The summed E-state index contributed by atoms with van der Waals surface area (Å²) in [5.41, 5.74) is 6.14. The van der Waals surface area contributed by atoms with Crippen LogP contribution in [0.5, 0.6) is 0 Å². The molecule has 0 saturated carbocycles. The number of fused-ring (bicyclic) bond motifs is 1. The zero-order chi connectivity index (χ0) is 21.9. The predicted molar refractivity (Wildman–Crippen MR) is 129 cm³/mol. The van der Waals surface area contributed by atoms with E-state index in [4.69, 9.17) is 4.74 Å². The summed E-state index contributed by atoms with van der Waals surface area (Å²) in [5.74, 6) is 0.0315. The van der Waals surface area contributed by atoms with Crippen molar-refractivity contribution in [1.82, 2.24) is 10.2 Å². The smallest absolute Gasteiger partial charge is 0.251 e. The largest absolute Gasteiger partial charge is 0.378 e. The van der Waals surface area contributed by atoms with Gasteiger partial charge in [0.15, 0.2) is 0 Å². The van der Waals surface area contributed by atoms with Crippen molar-refractivity contribution in [2.45, 2.75) is 25.3 Å². The van der Waals surface area contributed by atoms with Crippen molar-refractivity contribution in [1.29, 1.82) is 0 Å². The van der Waals surface area contributed by atoms with E-state index in [2.05, 4.69) is 57.4 Å². The number of hydrogen-bond donors (Lipinski definition) is 1. The van der Waals surface area contributed by atoms with Crippen molar-refractivity contribution >= 4 is 17.3 Å². The number of likely N-dealkylation sites (N-methyl/N-ethyl adjacent to an activating group) is 1. The molecule has 3 aliphatic rings. The standard InChI is InChI=1S/C26H34N4O2/c1-28-11-13-30(14-12-28)25-4-2-3-20-5-8-22(19-24(20)25)27-26(31)21-6-9-23(10-7-21)29-15-17-32-18-16-29/h2-4,6-7,9-10,22H,5,8,11-19H2,1H3,(H,27,31)/t22-/m1/s1. The van der Waals surface area contributed by atoms with Gasteiger partial charge in [0, 0.05) is 62.2 Å². The van der Waals surface area contributed by atoms with Crippen LogP contribution < -0.4 is 15.1 Å². The summed E-state index contributed by atoms with van der Waals surface area (Å²) in [4.78, 5) is 20.2. The Kier molecular flexibility index (Phi) is 6.32. The number of aryl methyl sites for hydroxylation is 1. The molecule has 1 aliphatic carbocycles. The van der Waals surface area contributed by atoms with Crippen LogP contribution >= 0.6 is 0 Å². The number of benzene rings is 2. The highest BCUT2D eigenvalue weighted by atomic mass is 16.5. The number of carbonyl (C=O) groups is 1. The molecule has 2 aromatic carbocycles. The maximum Gasteiger partial charge on any atom is 0.251 e. The van der Waals surface area contributed by atoms with Crippen molar-refractivity contribution in [3.05, 3.63) is 59.2 Å². The number of piperazine rings is 1. The molecule has 0 unspecified atom stereocenters. The molecule has 1 N–H and O–H groups in total. The average Bonchev–Trinajstić information content (AvgIpc) is 2.85. The third-order valence-electron chi connectivity index (χ3n) is 7.15. The molecule has 6 heteroatoms. The first kappa shape index (κ1) is 21.3. The Hall–Kier alpha value is -2.57. The number of rotatable bonds is 4. The van der Waals surface area contributed by atoms with E-state index < -0.39 is 0 Å². The van der Waals surface area contributed by atoms with Crippen LogP contribution in [0.2, 0.25) is 0 Å². The second-order valence-corrected chi connectivity index (χ2v) is 9.26. The predicted octanol–water partition coefficient (Wildman–Crippen LogP) is 2.56. The Morgan fingerprint density at radius 1 is 0.938 bits per heavy atom. The Bertz CT molecular complexity index is 931. The van der Waals surface area contributed by atoms with Crippen LogP contribution in [0.1, 0.15) is 27.9 Å². The van der Waals surface area contributed by atoms with Gasteiger partial charge in [-0.2, -0.15) is 0 Å². The van der Waals surface area contributed by atoms with Gasteiger partial charge in [0.05, 0.1) is 13.2 Å². The van der Waals surface area contributed by atoms with Crippen molar-refractivity contribution < 1.29 is 9.53 Å². The average molecular weight is 435 g/mol. The lowest BCUT2D eigenvalue weighted by atomic mass is 9.86. The number of hydrogen-bond acceptors (Lipinski definition) is 5. The quantitative estimate of drug-likeness (QED) is 0.802. The summed E-state index contributed by atoms with van der Waals surface area (Å²) in [7, 11) is 2.19. The molecule has 32 heavy (non-hydrogen) atoms. The summed E-state index contributed by atoms with van der Waals surface area (Å²) >= 11 is 0. The normalized spacial score (nSPS) is 21.8. The number of amides is 1. The number of anilines is 2. The van der Waals surface area contributed by atoms with Gasteiger partial charge >= 0.3 is 0 Å². The fourth-order valence-corrected chi connectivity index (χ4v) is 5.15. The third-order valence-corrected chi connectivity index (χ3v) is 7.15. The number of nitrogens with one attached hydrogen (secondary N) is 1. The van der Waals surface area contributed by atoms with Gasteiger partial charge in [-0.15, -0.1) is 0 Å². The van der Waals surface area contributed by atoms with Crippen molar-refractivity contribution in [3.8, 4) is 0 Å². The highest BCUT2D eigenvalue weighted by molar-refractivity contribution is 5.94. The molecule has 2 heterocycles. The maximum absolute atomic E-state index is 13.0. The van der Waals surface area contributed by atoms with Gasteiger partial charge in [0.2, 0.25) is 0 Å². The van der Waals surface area contributed by atoms with E-state index in [1.807, 2.05) is 12.1 Å². The second-order valence-electron chi connectivity index (χ2n) is 9.26. The van der Waals surface area contributed by atoms with Crippen LogP contribution in [0.25, 0.3) is 0 Å². The van der Waals surface area contributed by atoms with E-state index in [9.17, 15) is 4.79 Å². The van der Waals surface area contributed by atoms with Gasteiger partial charge in [0.1, 0.15) is 0 Å². The molecule has 0 spiro atoms.